The Morgan fingerprint density at radius 1 is 1.30 bits per heavy atom. The Balaban J connectivity index is 2.06. The molecule has 2 atom stereocenters. The van der Waals surface area contributed by atoms with Gasteiger partial charge in [-0.3, -0.25) is 4.79 Å². The highest BCUT2D eigenvalue weighted by Crippen LogP contribution is 2.31. The molecule has 0 aromatic heterocycles. The molecule has 0 spiro atoms. The molecule has 1 amide bonds. The van der Waals surface area contributed by atoms with Crippen LogP contribution in [-0.4, -0.2) is 42.2 Å². The van der Waals surface area contributed by atoms with E-state index in [1.165, 1.54) is 18.2 Å². The molecule has 0 aliphatic carbocycles. The maximum absolute atomic E-state index is 13.1. The Morgan fingerprint density at radius 3 is 2.48 bits per heavy atom. The predicted octanol–water partition coefficient (Wildman–Crippen LogP) is 3.29. The van der Waals surface area contributed by atoms with Crippen molar-refractivity contribution < 1.29 is 18.0 Å². The van der Waals surface area contributed by atoms with Crippen LogP contribution in [0.15, 0.2) is 18.2 Å². The molecule has 1 saturated heterocycles. The van der Waals surface area contributed by atoms with Crippen molar-refractivity contribution in [3.8, 4) is 0 Å². The van der Waals surface area contributed by atoms with Gasteiger partial charge in [0.25, 0.3) is 0 Å². The molecule has 1 fully saturated rings. The number of carbonyl (C=O) groups excluding carboxylic acids is 1. The third-order valence-electron chi connectivity index (χ3n) is 3.64. The first-order valence-electron chi connectivity index (χ1n) is 7.00. The number of likely N-dealkylation sites (tertiary alicyclic amines) is 1. The van der Waals surface area contributed by atoms with Gasteiger partial charge in [-0.1, -0.05) is 23.2 Å². The zero-order valence-corrected chi connectivity index (χ0v) is 13.5. The summed E-state index contributed by atoms with van der Waals surface area (Å²) in [5.41, 5.74) is 6.03. The SMILES string of the molecule is NC1CCCN(C(=O)CNc2cc(Cl)cc(Cl)c2)C1C(F)(F)F. The first kappa shape index (κ1) is 18.2. The summed E-state index contributed by atoms with van der Waals surface area (Å²) in [6.07, 6.45) is -3.86. The zero-order chi connectivity index (χ0) is 17.2. The molecule has 1 heterocycles. The Morgan fingerprint density at radius 2 is 1.91 bits per heavy atom. The van der Waals surface area contributed by atoms with E-state index >= 15 is 0 Å². The highest BCUT2D eigenvalue weighted by atomic mass is 35.5. The third kappa shape index (κ3) is 4.65. The minimum atomic E-state index is -4.55. The van der Waals surface area contributed by atoms with Gasteiger partial charge in [0.05, 0.1) is 6.54 Å². The number of alkyl halides is 3. The van der Waals surface area contributed by atoms with E-state index in [1.54, 1.807) is 0 Å². The molecule has 1 aromatic carbocycles. The fourth-order valence-electron chi connectivity index (χ4n) is 2.66. The van der Waals surface area contributed by atoms with Crippen LogP contribution >= 0.6 is 23.2 Å². The molecule has 128 valence electrons. The second kappa shape index (κ2) is 7.15. The number of amides is 1. The van der Waals surface area contributed by atoms with Crippen LogP contribution in [0, 0.1) is 0 Å². The van der Waals surface area contributed by atoms with Crippen molar-refractivity contribution in [2.24, 2.45) is 5.73 Å². The number of nitrogens with zero attached hydrogens (tertiary/aromatic N) is 1. The summed E-state index contributed by atoms with van der Waals surface area (Å²) < 4.78 is 39.4. The molecule has 3 N–H and O–H groups in total. The minimum Gasteiger partial charge on any atom is -0.376 e. The molecule has 0 bridgehead atoms. The van der Waals surface area contributed by atoms with Crippen LogP contribution in [0.1, 0.15) is 12.8 Å². The number of piperidine rings is 1. The number of benzene rings is 1. The van der Waals surface area contributed by atoms with Crippen molar-refractivity contribution in [3.05, 3.63) is 28.2 Å². The van der Waals surface area contributed by atoms with E-state index in [-0.39, 0.29) is 19.5 Å². The number of rotatable bonds is 3. The lowest BCUT2D eigenvalue weighted by atomic mass is 9.96. The van der Waals surface area contributed by atoms with E-state index < -0.39 is 24.2 Å². The molecule has 1 aliphatic rings. The number of nitrogens with two attached hydrogens (primary N) is 1. The van der Waals surface area contributed by atoms with E-state index in [1.807, 2.05) is 0 Å². The van der Waals surface area contributed by atoms with Crippen molar-refractivity contribution in [1.82, 2.24) is 4.90 Å². The highest BCUT2D eigenvalue weighted by molar-refractivity contribution is 6.35. The van der Waals surface area contributed by atoms with Crippen LogP contribution in [0.5, 0.6) is 0 Å². The molecular weight excluding hydrogens is 354 g/mol. The van der Waals surface area contributed by atoms with E-state index in [2.05, 4.69) is 5.32 Å². The quantitative estimate of drug-likeness (QED) is 0.859. The first-order valence-corrected chi connectivity index (χ1v) is 7.76. The van der Waals surface area contributed by atoms with Gasteiger partial charge in [-0.25, -0.2) is 0 Å². The topological polar surface area (TPSA) is 58.4 Å². The van der Waals surface area contributed by atoms with Crippen molar-refractivity contribution in [2.75, 3.05) is 18.4 Å². The number of anilines is 1. The molecule has 1 aromatic rings. The molecule has 2 unspecified atom stereocenters. The van der Waals surface area contributed by atoms with Gasteiger partial charge in [0.15, 0.2) is 0 Å². The summed E-state index contributed by atoms with van der Waals surface area (Å²) in [5.74, 6) is -0.668. The summed E-state index contributed by atoms with van der Waals surface area (Å²) >= 11 is 11.7. The summed E-state index contributed by atoms with van der Waals surface area (Å²) in [4.78, 5) is 13.0. The summed E-state index contributed by atoms with van der Waals surface area (Å²) in [7, 11) is 0. The molecule has 0 radical (unpaired) electrons. The lowest BCUT2D eigenvalue weighted by molar-refractivity contribution is -0.198. The Hall–Kier alpha value is -1.18. The Labute approximate surface area is 141 Å². The average Bonchev–Trinajstić information content (AvgIpc) is 2.42. The summed E-state index contributed by atoms with van der Waals surface area (Å²) in [6, 6.07) is 1.52. The lowest BCUT2D eigenvalue weighted by Crippen LogP contribution is -2.61. The van der Waals surface area contributed by atoms with Gasteiger partial charge < -0.3 is 16.0 Å². The third-order valence-corrected chi connectivity index (χ3v) is 4.08. The van der Waals surface area contributed by atoms with Gasteiger partial charge in [0.1, 0.15) is 6.04 Å². The van der Waals surface area contributed by atoms with Gasteiger partial charge in [0, 0.05) is 28.3 Å². The van der Waals surface area contributed by atoms with Crippen molar-refractivity contribution in [2.45, 2.75) is 31.1 Å². The molecule has 4 nitrogen and oxygen atoms in total. The van der Waals surface area contributed by atoms with Crippen molar-refractivity contribution >= 4 is 34.8 Å². The molecule has 1 aliphatic heterocycles. The van der Waals surface area contributed by atoms with Gasteiger partial charge >= 0.3 is 6.18 Å². The van der Waals surface area contributed by atoms with E-state index in [9.17, 15) is 18.0 Å². The van der Waals surface area contributed by atoms with Gasteiger partial charge in [-0.2, -0.15) is 13.2 Å². The van der Waals surface area contributed by atoms with E-state index in [4.69, 9.17) is 28.9 Å². The summed E-state index contributed by atoms with van der Waals surface area (Å²) in [6.45, 7) is -0.259. The largest absolute Gasteiger partial charge is 0.410 e. The Kier molecular flexibility index (Phi) is 5.65. The van der Waals surface area contributed by atoms with Gasteiger partial charge in [0.2, 0.25) is 5.91 Å². The molecule has 0 saturated carbocycles. The fourth-order valence-corrected chi connectivity index (χ4v) is 3.19. The number of hydrogen-bond donors (Lipinski definition) is 2. The standard InChI is InChI=1S/C14H16Cl2F3N3O/c15-8-4-9(16)6-10(5-8)21-7-12(23)22-3-1-2-11(20)13(22)14(17,18)19/h4-6,11,13,21H,1-3,7,20H2. The second-order valence-corrected chi connectivity index (χ2v) is 6.26. The van der Waals surface area contributed by atoms with Crippen molar-refractivity contribution in [3.63, 3.8) is 0 Å². The van der Waals surface area contributed by atoms with Gasteiger partial charge in [-0.05, 0) is 31.0 Å². The molecule has 2 rings (SSSR count). The van der Waals surface area contributed by atoms with Crippen LogP contribution in [0.3, 0.4) is 0 Å². The molecular formula is C14H16Cl2F3N3O. The minimum absolute atomic E-state index is 0.0364. The smallest absolute Gasteiger partial charge is 0.376 e. The predicted molar refractivity (Wildman–Crippen MR) is 83.7 cm³/mol. The number of hydrogen-bond acceptors (Lipinski definition) is 3. The average molecular weight is 370 g/mol. The number of carbonyl (C=O) groups is 1. The van der Waals surface area contributed by atoms with Crippen LogP contribution < -0.4 is 11.1 Å². The lowest BCUT2D eigenvalue weighted by Gasteiger charge is -2.40. The molecule has 23 heavy (non-hydrogen) atoms. The first-order chi connectivity index (χ1) is 10.7. The van der Waals surface area contributed by atoms with Crippen LogP contribution in [0.2, 0.25) is 10.0 Å². The number of halogens is 5. The second-order valence-electron chi connectivity index (χ2n) is 5.39. The number of nitrogens with one attached hydrogen (secondary N) is 1. The van der Waals surface area contributed by atoms with E-state index in [0.717, 1.165) is 4.90 Å². The Bertz CT molecular complexity index is 563. The van der Waals surface area contributed by atoms with Crippen LogP contribution in [-0.2, 0) is 4.79 Å². The maximum Gasteiger partial charge on any atom is 0.410 e. The van der Waals surface area contributed by atoms with Crippen molar-refractivity contribution in [1.29, 1.82) is 0 Å². The summed E-state index contributed by atoms with van der Waals surface area (Å²) in [5, 5.41) is 3.47. The maximum atomic E-state index is 13.1. The highest BCUT2D eigenvalue weighted by Gasteiger charge is 2.50. The van der Waals surface area contributed by atoms with Gasteiger partial charge in [-0.15, -0.1) is 0 Å². The van der Waals surface area contributed by atoms with E-state index in [0.29, 0.717) is 22.2 Å². The van der Waals surface area contributed by atoms with Crippen LogP contribution in [0.4, 0.5) is 18.9 Å². The monoisotopic (exact) mass is 369 g/mol. The molecule has 9 heteroatoms. The normalized spacial score (nSPS) is 22.1. The zero-order valence-electron chi connectivity index (χ0n) is 12.0. The van der Waals surface area contributed by atoms with Crippen LogP contribution in [0.25, 0.3) is 0 Å². The fraction of sp³-hybridized carbons (Fsp3) is 0.500.